The van der Waals surface area contributed by atoms with E-state index >= 15 is 0 Å². The number of nitrogens with one attached hydrogen (secondary N) is 2. The number of hydrogen-bond acceptors (Lipinski definition) is 5. The number of pyridine rings is 1. The third-order valence-electron chi connectivity index (χ3n) is 7.74. The molecule has 3 heterocycles. The molecule has 1 amide bonds. The van der Waals surface area contributed by atoms with Crippen LogP contribution in [0.25, 0.3) is 39.1 Å². The second-order valence-electron chi connectivity index (χ2n) is 10.9. The first-order chi connectivity index (χ1) is 19.2. The van der Waals surface area contributed by atoms with Crippen molar-refractivity contribution in [3.05, 3.63) is 90.5 Å². The molecule has 0 bridgehead atoms. The Morgan fingerprint density at radius 3 is 2.50 bits per heavy atom. The lowest BCUT2D eigenvalue weighted by molar-refractivity contribution is -0.119. The summed E-state index contributed by atoms with van der Waals surface area (Å²) in [5.41, 5.74) is 14.8. The number of aromatic nitrogens is 3. The summed E-state index contributed by atoms with van der Waals surface area (Å²) < 4.78 is 0. The van der Waals surface area contributed by atoms with Crippen LogP contribution in [0, 0.1) is 5.92 Å². The van der Waals surface area contributed by atoms with Gasteiger partial charge in [0.25, 0.3) is 0 Å². The van der Waals surface area contributed by atoms with Crippen LogP contribution in [0.15, 0.2) is 79.1 Å². The van der Waals surface area contributed by atoms with Crippen molar-refractivity contribution in [2.75, 3.05) is 6.54 Å². The Hall–Kier alpha value is -4.39. The van der Waals surface area contributed by atoms with Crippen LogP contribution < -0.4 is 11.1 Å². The molecule has 2 aromatic carbocycles. The lowest BCUT2D eigenvalue weighted by Gasteiger charge is -2.34. The highest BCUT2D eigenvalue weighted by Crippen LogP contribution is 2.36. The van der Waals surface area contributed by atoms with Gasteiger partial charge in [0.1, 0.15) is 5.82 Å². The zero-order valence-electron chi connectivity index (χ0n) is 23.7. The molecule has 0 spiro atoms. The van der Waals surface area contributed by atoms with E-state index in [9.17, 15) is 4.79 Å². The number of carbonyl (C=O) groups is 1. The first-order valence-electron chi connectivity index (χ1n) is 14.0. The molecule has 1 aliphatic rings. The molecule has 7 nitrogen and oxygen atoms in total. The number of rotatable bonds is 8. The molecule has 0 radical (unpaired) electrons. The van der Waals surface area contributed by atoms with Gasteiger partial charge in [0, 0.05) is 42.2 Å². The number of benzene rings is 2. The Kier molecular flexibility index (Phi) is 7.74. The Morgan fingerprint density at radius 2 is 1.85 bits per heavy atom. The van der Waals surface area contributed by atoms with Crippen molar-refractivity contribution in [1.82, 2.24) is 25.2 Å². The number of H-pyrrole nitrogens is 1. The smallest absolute Gasteiger partial charge is 0.217 e. The minimum absolute atomic E-state index is 0.0407. The molecule has 206 valence electrons. The summed E-state index contributed by atoms with van der Waals surface area (Å²) in [6.45, 7) is 13.0. The predicted octanol–water partition coefficient (Wildman–Crippen LogP) is 6.42. The highest BCUT2D eigenvalue weighted by molar-refractivity contribution is 5.81. The van der Waals surface area contributed by atoms with Crippen LogP contribution in [-0.2, 0) is 4.79 Å². The van der Waals surface area contributed by atoms with Crippen molar-refractivity contribution in [2.24, 2.45) is 11.7 Å². The lowest BCUT2D eigenvalue weighted by atomic mass is 10.00. The highest BCUT2D eigenvalue weighted by atomic mass is 16.1. The van der Waals surface area contributed by atoms with Gasteiger partial charge in [-0.15, -0.1) is 0 Å². The van der Waals surface area contributed by atoms with E-state index in [0.29, 0.717) is 0 Å². The van der Waals surface area contributed by atoms with Crippen molar-refractivity contribution in [3.63, 3.8) is 0 Å². The number of aromatic amines is 1. The lowest BCUT2D eigenvalue weighted by Crippen LogP contribution is -2.43. The molecule has 4 N–H and O–H groups in total. The highest BCUT2D eigenvalue weighted by Gasteiger charge is 2.33. The number of hydrogen-bond donors (Lipinski definition) is 3. The number of likely N-dealkylation sites (tertiary alicyclic amines) is 1. The standard InChI is InChI=1S/C33H38N6O/c1-6-27(34)24-11-9-23(10-12-24)26-14-15-28(35-19-26)25-13-16-29-30(18-25)38-33(37-29)31-8-7-17-39(31)21(4)32(20(2)3)36-22(5)40/h6,9-16,18-20,31-32H,4,7-8,17,34H2,1-3,5H3,(H,36,40)(H,37,38)/b27-6-/t31-,32-/m0/s1. The third kappa shape index (κ3) is 5.50. The third-order valence-corrected chi connectivity index (χ3v) is 7.74. The van der Waals surface area contributed by atoms with E-state index in [2.05, 4.69) is 72.0 Å². The van der Waals surface area contributed by atoms with E-state index < -0.39 is 0 Å². The van der Waals surface area contributed by atoms with Gasteiger partial charge in [-0.3, -0.25) is 9.78 Å². The van der Waals surface area contributed by atoms with E-state index in [1.807, 2.05) is 37.4 Å². The van der Waals surface area contributed by atoms with Crippen molar-refractivity contribution < 1.29 is 4.79 Å². The minimum Gasteiger partial charge on any atom is -0.399 e. The first-order valence-corrected chi connectivity index (χ1v) is 14.0. The van der Waals surface area contributed by atoms with Gasteiger partial charge in [-0.25, -0.2) is 4.98 Å². The maximum absolute atomic E-state index is 11.8. The Morgan fingerprint density at radius 1 is 1.12 bits per heavy atom. The van der Waals surface area contributed by atoms with Crippen molar-refractivity contribution >= 4 is 22.6 Å². The second-order valence-corrected chi connectivity index (χ2v) is 10.9. The van der Waals surface area contributed by atoms with Gasteiger partial charge in [0.05, 0.1) is 28.8 Å². The SMILES string of the molecule is C=C([C@@H](NC(C)=O)C(C)C)N1CCC[C@H]1c1nc2ccc(-c3ccc(-c4ccc(/C(N)=C/C)cc4)cn3)cc2[nH]1. The minimum atomic E-state index is -0.104. The van der Waals surface area contributed by atoms with Gasteiger partial charge in [0.2, 0.25) is 5.91 Å². The average molecular weight is 535 g/mol. The van der Waals surface area contributed by atoms with Crippen LogP contribution in [0.1, 0.15) is 58.0 Å². The van der Waals surface area contributed by atoms with Crippen LogP contribution in [0.3, 0.4) is 0 Å². The maximum Gasteiger partial charge on any atom is 0.217 e. The summed E-state index contributed by atoms with van der Waals surface area (Å²) in [6.07, 6.45) is 5.86. The number of imidazole rings is 1. The van der Waals surface area contributed by atoms with Gasteiger partial charge < -0.3 is 20.9 Å². The fraction of sp³-hybridized carbons (Fsp3) is 0.303. The van der Waals surface area contributed by atoms with Crippen LogP contribution in [0.5, 0.6) is 0 Å². The first kappa shape index (κ1) is 27.2. The summed E-state index contributed by atoms with van der Waals surface area (Å²) in [5, 5.41) is 3.08. The van der Waals surface area contributed by atoms with Crippen molar-refractivity contribution in [3.8, 4) is 22.4 Å². The summed E-state index contributed by atoms with van der Waals surface area (Å²) in [7, 11) is 0. The molecule has 7 heteroatoms. The van der Waals surface area contributed by atoms with Crippen LogP contribution >= 0.6 is 0 Å². The topological polar surface area (TPSA) is 99.9 Å². The number of nitrogens with zero attached hydrogens (tertiary/aromatic N) is 3. The van der Waals surface area contributed by atoms with Crippen molar-refractivity contribution in [2.45, 2.75) is 52.6 Å². The Labute approximate surface area is 236 Å². The summed E-state index contributed by atoms with van der Waals surface area (Å²) in [4.78, 5) is 27.4. The van der Waals surface area contributed by atoms with Crippen molar-refractivity contribution in [1.29, 1.82) is 0 Å². The molecule has 5 rings (SSSR count). The summed E-state index contributed by atoms with van der Waals surface area (Å²) in [5.74, 6) is 1.13. The number of nitrogens with two attached hydrogens (primary N) is 1. The molecule has 0 aliphatic carbocycles. The molecular formula is C33H38N6O. The van der Waals surface area contributed by atoms with E-state index in [1.54, 1.807) is 6.92 Å². The Balaban J connectivity index is 1.36. The number of amides is 1. The molecule has 0 unspecified atom stereocenters. The number of allylic oxidation sites excluding steroid dienone is 1. The molecular weight excluding hydrogens is 496 g/mol. The van der Waals surface area contributed by atoms with Gasteiger partial charge in [-0.1, -0.05) is 62.9 Å². The monoisotopic (exact) mass is 534 g/mol. The molecule has 1 aliphatic heterocycles. The zero-order valence-corrected chi connectivity index (χ0v) is 23.7. The van der Waals surface area contributed by atoms with Gasteiger partial charge in [-0.05, 0) is 55.0 Å². The molecule has 1 saturated heterocycles. The average Bonchev–Trinajstić information content (AvgIpc) is 3.62. The molecule has 2 aromatic heterocycles. The normalized spacial score (nSPS) is 16.5. The molecule has 4 aromatic rings. The maximum atomic E-state index is 11.8. The van der Waals surface area contributed by atoms with E-state index in [0.717, 1.165) is 75.6 Å². The second kappa shape index (κ2) is 11.4. The Bertz CT molecular complexity index is 1550. The van der Waals surface area contributed by atoms with E-state index in [4.69, 9.17) is 15.7 Å². The molecule has 0 saturated carbocycles. The summed E-state index contributed by atoms with van der Waals surface area (Å²) in [6, 6.07) is 18.6. The van der Waals surface area contributed by atoms with Crippen LogP contribution in [0.2, 0.25) is 0 Å². The quantitative estimate of drug-likeness (QED) is 0.242. The number of fused-ring (bicyclic) bond motifs is 1. The molecule has 40 heavy (non-hydrogen) atoms. The predicted molar refractivity (Wildman–Crippen MR) is 163 cm³/mol. The van der Waals surface area contributed by atoms with Crippen LogP contribution in [-0.4, -0.2) is 38.3 Å². The fourth-order valence-electron chi connectivity index (χ4n) is 5.53. The van der Waals surface area contributed by atoms with E-state index in [-0.39, 0.29) is 23.9 Å². The van der Waals surface area contributed by atoms with Gasteiger partial charge in [0.15, 0.2) is 0 Å². The van der Waals surface area contributed by atoms with Crippen LogP contribution in [0.4, 0.5) is 0 Å². The molecule has 2 atom stereocenters. The zero-order chi connectivity index (χ0) is 28.4. The largest absolute Gasteiger partial charge is 0.399 e. The fourth-order valence-corrected chi connectivity index (χ4v) is 5.53. The number of carbonyl (C=O) groups excluding carboxylic acids is 1. The van der Waals surface area contributed by atoms with Gasteiger partial charge >= 0.3 is 0 Å². The van der Waals surface area contributed by atoms with E-state index in [1.165, 1.54) is 0 Å². The molecule has 1 fully saturated rings. The van der Waals surface area contributed by atoms with Gasteiger partial charge in [-0.2, -0.15) is 0 Å². The summed E-state index contributed by atoms with van der Waals surface area (Å²) >= 11 is 0.